The van der Waals surface area contributed by atoms with Crippen LogP contribution >= 0.6 is 11.3 Å². The highest BCUT2D eigenvalue weighted by atomic mass is 32.1. The van der Waals surface area contributed by atoms with E-state index in [2.05, 4.69) is 22.6 Å². The van der Waals surface area contributed by atoms with Crippen LogP contribution in [0.15, 0.2) is 10.9 Å². The Morgan fingerprint density at radius 3 is 2.87 bits per heavy atom. The molecular weight excluding hydrogens is 208 g/mol. The Bertz CT molecular complexity index is 239. The third kappa shape index (κ3) is 5.25. The standard InChI is InChI=1S/C11H20N2OS/c1-10(11-8-15-9-13-11)12-6-4-2-3-5-7-14/h8-10,12,14H,2-7H2,1H3. The van der Waals surface area contributed by atoms with Gasteiger partial charge in [0.2, 0.25) is 0 Å². The largest absolute Gasteiger partial charge is 0.396 e. The molecule has 4 heteroatoms. The molecule has 2 N–H and O–H groups in total. The number of aromatic nitrogens is 1. The molecule has 0 amide bonds. The number of nitrogens with one attached hydrogen (secondary N) is 1. The van der Waals surface area contributed by atoms with Gasteiger partial charge >= 0.3 is 0 Å². The molecule has 0 spiro atoms. The van der Waals surface area contributed by atoms with Crippen LogP contribution in [0.3, 0.4) is 0 Å². The van der Waals surface area contributed by atoms with Crippen molar-refractivity contribution in [3.05, 3.63) is 16.6 Å². The van der Waals surface area contributed by atoms with Gasteiger partial charge in [0.05, 0.1) is 11.2 Å². The summed E-state index contributed by atoms with van der Waals surface area (Å²) in [5.74, 6) is 0. The predicted molar refractivity (Wildman–Crippen MR) is 64.1 cm³/mol. The lowest BCUT2D eigenvalue weighted by Gasteiger charge is -2.10. The number of unbranched alkanes of at least 4 members (excludes halogenated alkanes) is 3. The molecule has 86 valence electrons. The first kappa shape index (κ1) is 12.6. The fraction of sp³-hybridized carbons (Fsp3) is 0.727. The van der Waals surface area contributed by atoms with Gasteiger partial charge in [0.15, 0.2) is 0 Å². The molecule has 15 heavy (non-hydrogen) atoms. The van der Waals surface area contributed by atoms with Crippen LogP contribution in [0.25, 0.3) is 0 Å². The monoisotopic (exact) mass is 228 g/mol. The van der Waals surface area contributed by atoms with Crippen molar-refractivity contribution >= 4 is 11.3 Å². The highest BCUT2D eigenvalue weighted by Gasteiger charge is 2.04. The molecule has 0 aliphatic heterocycles. The van der Waals surface area contributed by atoms with Crippen LogP contribution in [0, 0.1) is 0 Å². The fourth-order valence-electron chi connectivity index (χ4n) is 1.45. The maximum atomic E-state index is 8.61. The van der Waals surface area contributed by atoms with Crippen LogP contribution in [0.2, 0.25) is 0 Å². The van der Waals surface area contributed by atoms with Gasteiger partial charge in [-0.05, 0) is 26.3 Å². The molecule has 0 radical (unpaired) electrons. The van der Waals surface area contributed by atoms with Crippen LogP contribution in [0.1, 0.15) is 44.3 Å². The molecule has 0 saturated carbocycles. The Labute approximate surface area is 95.6 Å². The van der Waals surface area contributed by atoms with Crippen LogP contribution in [-0.4, -0.2) is 23.2 Å². The molecule has 0 aliphatic rings. The Hall–Kier alpha value is -0.450. The van der Waals surface area contributed by atoms with Crippen molar-refractivity contribution in [3.8, 4) is 0 Å². The van der Waals surface area contributed by atoms with Gasteiger partial charge in [-0.25, -0.2) is 4.98 Å². The van der Waals surface area contributed by atoms with Crippen LogP contribution in [0.5, 0.6) is 0 Å². The summed E-state index contributed by atoms with van der Waals surface area (Å²) in [7, 11) is 0. The van der Waals surface area contributed by atoms with Gasteiger partial charge < -0.3 is 10.4 Å². The average Bonchev–Trinajstić information content (AvgIpc) is 2.76. The highest BCUT2D eigenvalue weighted by Crippen LogP contribution is 2.11. The normalized spacial score (nSPS) is 12.9. The summed E-state index contributed by atoms with van der Waals surface area (Å²) in [6.07, 6.45) is 4.43. The van der Waals surface area contributed by atoms with E-state index in [1.165, 1.54) is 12.8 Å². The maximum absolute atomic E-state index is 8.61. The van der Waals surface area contributed by atoms with Gasteiger partial charge in [-0.2, -0.15) is 0 Å². The highest BCUT2D eigenvalue weighted by molar-refractivity contribution is 7.07. The van der Waals surface area contributed by atoms with Gasteiger partial charge in [-0.3, -0.25) is 0 Å². The van der Waals surface area contributed by atoms with Crippen molar-refractivity contribution in [2.24, 2.45) is 0 Å². The molecule has 0 aromatic carbocycles. The predicted octanol–water partition coefficient (Wildman–Crippen LogP) is 2.35. The van der Waals surface area contributed by atoms with Crippen LogP contribution in [0.4, 0.5) is 0 Å². The van der Waals surface area contributed by atoms with E-state index in [0.717, 1.165) is 25.1 Å². The molecule has 1 unspecified atom stereocenters. The average molecular weight is 228 g/mol. The number of rotatable bonds is 8. The number of thiazole rings is 1. The Morgan fingerprint density at radius 2 is 2.20 bits per heavy atom. The zero-order valence-corrected chi connectivity index (χ0v) is 10.1. The maximum Gasteiger partial charge on any atom is 0.0795 e. The van der Waals surface area contributed by atoms with Crippen molar-refractivity contribution in [3.63, 3.8) is 0 Å². The molecule has 1 rings (SSSR count). The minimum atomic E-state index is 0.322. The fourth-order valence-corrected chi connectivity index (χ4v) is 2.10. The van der Waals surface area contributed by atoms with Gasteiger partial charge in [-0.1, -0.05) is 12.8 Å². The number of hydrogen-bond acceptors (Lipinski definition) is 4. The molecule has 3 nitrogen and oxygen atoms in total. The first-order valence-electron chi connectivity index (χ1n) is 5.57. The lowest BCUT2D eigenvalue weighted by atomic mass is 10.2. The van der Waals surface area contributed by atoms with Crippen molar-refractivity contribution in [1.82, 2.24) is 10.3 Å². The zero-order chi connectivity index (χ0) is 10.9. The minimum Gasteiger partial charge on any atom is -0.396 e. The van der Waals surface area contributed by atoms with Crippen molar-refractivity contribution in [2.45, 2.75) is 38.6 Å². The van der Waals surface area contributed by atoms with Gasteiger partial charge in [0, 0.05) is 18.0 Å². The summed E-state index contributed by atoms with van der Waals surface area (Å²) in [5, 5.41) is 14.1. The Morgan fingerprint density at radius 1 is 1.40 bits per heavy atom. The molecule has 0 fully saturated rings. The van der Waals surface area contributed by atoms with E-state index >= 15 is 0 Å². The van der Waals surface area contributed by atoms with Crippen LogP contribution < -0.4 is 5.32 Å². The second-order valence-corrected chi connectivity index (χ2v) is 4.45. The summed E-state index contributed by atoms with van der Waals surface area (Å²) in [6.45, 7) is 3.50. The van der Waals surface area contributed by atoms with E-state index in [1.54, 1.807) is 11.3 Å². The molecular formula is C11H20N2OS. The van der Waals surface area contributed by atoms with Crippen LogP contribution in [-0.2, 0) is 0 Å². The number of aliphatic hydroxyl groups is 1. The Kier molecular flexibility index (Phi) is 6.55. The molecule has 1 aromatic heterocycles. The molecule has 0 saturated heterocycles. The van der Waals surface area contributed by atoms with Gasteiger partial charge in [0.25, 0.3) is 0 Å². The third-order valence-corrected chi connectivity index (χ3v) is 3.04. The number of aliphatic hydroxyl groups excluding tert-OH is 1. The van der Waals surface area contributed by atoms with E-state index in [-0.39, 0.29) is 0 Å². The second-order valence-electron chi connectivity index (χ2n) is 3.73. The number of hydrogen-bond donors (Lipinski definition) is 2. The van der Waals surface area contributed by atoms with Crippen molar-refractivity contribution in [1.29, 1.82) is 0 Å². The van der Waals surface area contributed by atoms with E-state index < -0.39 is 0 Å². The number of nitrogens with zero attached hydrogens (tertiary/aromatic N) is 1. The zero-order valence-electron chi connectivity index (χ0n) is 9.28. The van der Waals surface area contributed by atoms with E-state index in [1.807, 2.05) is 5.51 Å². The lowest BCUT2D eigenvalue weighted by Crippen LogP contribution is -2.20. The summed E-state index contributed by atoms with van der Waals surface area (Å²) in [6, 6.07) is 0.356. The summed E-state index contributed by atoms with van der Waals surface area (Å²) in [5.41, 5.74) is 3.00. The van der Waals surface area contributed by atoms with Gasteiger partial charge in [-0.15, -0.1) is 11.3 Å². The van der Waals surface area contributed by atoms with Crippen molar-refractivity contribution in [2.75, 3.05) is 13.2 Å². The molecule has 1 heterocycles. The summed E-state index contributed by atoms with van der Waals surface area (Å²) in [4.78, 5) is 4.27. The van der Waals surface area contributed by atoms with E-state index in [0.29, 0.717) is 12.6 Å². The Balaban J connectivity index is 2.00. The molecule has 0 aliphatic carbocycles. The molecule has 1 aromatic rings. The van der Waals surface area contributed by atoms with Gasteiger partial charge in [0.1, 0.15) is 0 Å². The first-order chi connectivity index (χ1) is 7.34. The molecule has 0 bridgehead atoms. The SMILES string of the molecule is CC(NCCCCCCO)c1cscn1. The quantitative estimate of drug-likeness (QED) is 0.671. The lowest BCUT2D eigenvalue weighted by molar-refractivity contribution is 0.282. The minimum absolute atomic E-state index is 0.322. The summed E-state index contributed by atoms with van der Waals surface area (Å²) >= 11 is 1.64. The third-order valence-electron chi connectivity index (χ3n) is 2.43. The smallest absolute Gasteiger partial charge is 0.0795 e. The second kappa shape index (κ2) is 7.79. The topological polar surface area (TPSA) is 45.1 Å². The van der Waals surface area contributed by atoms with E-state index in [9.17, 15) is 0 Å². The summed E-state index contributed by atoms with van der Waals surface area (Å²) < 4.78 is 0. The van der Waals surface area contributed by atoms with Crippen molar-refractivity contribution < 1.29 is 5.11 Å². The van der Waals surface area contributed by atoms with E-state index in [4.69, 9.17) is 5.11 Å². The molecule has 1 atom stereocenters. The first-order valence-corrected chi connectivity index (χ1v) is 6.51.